The summed E-state index contributed by atoms with van der Waals surface area (Å²) in [5.41, 5.74) is 1.47. The van der Waals surface area contributed by atoms with E-state index in [9.17, 15) is 14.4 Å². The zero-order chi connectivity index (χ0) is 21.3. The molecule has 0 radical (unpaired) electrons. The maximum atomic E-state index is 13.1. The van der Waals surface area contributed by atoms with E-state index < -0.39 is 5.63 Å². The average molecular weight is 399 g/mol. The van der Waals surface area contributed by atoms with Crippen LogP contribution in [0.5, 0.6) is 0 Å². The van der Waals surface area contributed by atoms with Crippen molar-refractivity contribution < 1.29 is 9.21 Å². The number of nitrogens with zero attached hydrogens (tertiary/aromatic N) is 3. The molecule has 29 heavy (non-hydrogen) atoms. The molecule has 7 heteroatoms. The van der Waals surface area contributed by atoms with Gasteiger partial charge in [0.1, 0.15) is 17.1 Å². The zero-order valence-corrected chi connectivity index (χ0v) is 17.9. The number of amides is 1. The molecule has 0 saturated heterocycles. The van der Waals surface area contributed by atoms with Crippen LogP contribution in [0.4, 0.5) is 0 Å². The standard InChI is InChI=1S/C22H29N3O4/c1-6-7-13(2)18-12-14(3)19(22(28)29-18)21(27)25-10-8-16-17(9-11-25)23-15(4)24(5)20(16)26/h12-13H,6-11H2,1-5H3. The number of fused-ring (bicyclic) bond motifs is 1. The summed E-state index contributed by atoms with van der Waals surface area (Å²) in [4.78, 5) is 44.5. The van der Waals surface area contributed by atoms with E-state index in [0.29, 0.717) is 48.6 Å². The molecule has 1 aliphatic rings. The first-order valence-corrected chi connectivity index (χ1v) is 10.2. The number of hydrogen-bond acceptors (Lipinski definition) is 5. The number of aryl methyl sites for hydroxylation is 2. The molecule has 3 heterocycles. The topological polar surface area (TPSA) is 85.4 Å². The lowest BCUT2D eigenvalue weighted by Gasteiger charge is -2.21. The molecule has 0 saturated carbocycles. The Kier molecular flexibility index (Phi) is 6.05. The second-order valence-electron chi connectivity index (χ2n) is 7.92. The van der Waals surface area contributed by atoms with Crippen LogP contribution >= 0.6 is 0 Å². The van der Waals surface area contributed by atoms with Crippen LogP contribution in [0.1, 0.15) is 71.4 Å². The van der Waals surface area contributed by atoms with Gasteiger partial charge in [-0.2, -0.15) is 0 Å². The van der Waals surface area contributed by atoms with Crippen LogP contribution in [0, 0.1) is 13.8 Å². The van der Waals surface area contributed by atoms with Crippen LogP contribution < -0.4 is 11.2 Å². The van der Waals surface area contributed by atoms with E-state index in [1.54, 1.807) is 25.8 Å². The number of rotatable bonds is 4. The Labute approximate surface area is 170 Å². The van der Waals surface area contributed by atoms with E-state index in [0.717, 1.165) is 18.5 Å². The summed E-state index contributed by atoms with van der Waals surface area (Å²) in [6, 6.07) is 1.81. The fourth-order valence-electron chi connectivity index (χ4n) is 3.94. The van der Waals surface area contributed by atoms with E-state index in [4.69, 9.17) is 4.42 Å². The second-order valence-corrected chi connectivity index (χ2v) is 7.92. The van der Waals surface area contributed by atoms with Crippen molar-refractivity contribution in [2.24, 2.45) is 7.05 Å². The monoisotopic (exact) mass is 399 g/mol. The first-order valence-electron chi connectivity index (χ1n) is 10.2. The molecule has 0 spiro atoms. The minimum Gasteiger partial charge on any atom is -0.427 e. The molecular weight excluding hydrogens is 370 g/mol. The normalized spacial score (nSPS) is 15.0. The van der Waals surface area contributed by atoms with E-state index in [-0.39, 0.29) is 22.9 Å². The van der Waals surface area contributed by atoms with E-state index in [1.807, 2.05) is 13.0 Å². The minimum absolute atomic E-state index is 0.0632. The summed E-state index contributed by atoms with van der Waals surface area (Å²) in [5, 5.41) is 0. The lowest BCUT2D eigenvalue weighted by atomic mass is 10.0. The third-order valence-electron chi connectivity index (χ3n) is 5.82. The van der Waals surface area contributed by atoms with Gasteiger partial charge in [0.2, 0.25) is 0 Å². The largest absolute Gasteiger partial charge is 0.427 e. The third-order valence-corrected chi connectivity index (χ3v) is 5.82. The Morgan fingerprint density at radius 2 is 1.93 bits per heavy atom. The Bertz CT molecular complexity index is 1050. The molecule has 0 aliphatic carbocycles. The van der Waals surface area contributed by atoms with Crippen LogP contribution in [-0.4, -0.2) is 33.4 Å². The molecule has 2 aromatic rings. The fraction of sp³-hybridized carbons (Fsp3) is 0.545. The van der Waals surface area contributed by atoms with E-state index in [2.05, 4.69) is 11.9 Å². The minimum atomic E-state index is -0.584. The lowest BCUT2D eigenvalue weighted by molar-refractivity contribution is 0.0757. The van der Waals surface area contributed by atoms with Crippen LogP contribution in [-0.2, 0) is 19.9 Å². The third kappa shape index (κ3) is 4.04. The van der Waals surface area contributed by atoms with Gasteiger partial charge >= 0.3 is 5.63 Å². The summed E-state index contributed by atoms with van der Waals surface area (Å²) in [7, 11) is 1.70. The summed E-state index contributed by atoms with van der Waals surface area (Å²) < 4.78 is 7.02. The van der Waals surface area contributed by atoms with Gasteiger partial charge < -0.3 is 9.32 Å². The maximum absolute atomic E-state index is 13.1. The Hall–Kier alpha value is -2.70. The average Bonchev–Trinajstić information content (AvgIpc) is 2.88. The molecule has 0 aromatic carbocycles. The van der Waals surface area contributed by atoms with Gasteiger partial charge in [0.25, 0.3) is 11.5 Å². The van der Waals surface area contributed by atoms with Crippen molar-refractivity contribution in [1.29, 1.82) is 0 Å². The van der Waals surface area contributed by atoms with Crippen LogP contribution in [0.3, 0.4) is 0 Å². The van der Waals surface area contributed by atoms with E-state index in [1.165, 1.54) is 4.57 Å². The van der Waals surface area contributed by atoms with Crippen molar-refractivity contribution in [1.82, 2.24) is 14.5 Å². The van der Waals surface area contributed by atoms with Crippen molar-refractivity contribution in [2.45, 2.75) is 59.3 Å². The summed E-state index contributed by atoms with van der Waals surface area (Å²) in [6.07, 6.45) is 2.83. The predicted octanol–water partition coefficient (Wildman–Crippen LogP) is 2.49. The Morgan fingerprint density at radius 3 is 2.59 bits per heavy atom. The molecule has 156 valence electrons. The molecule has 0 fully saturated rings. The molecule has 1 unspecified atom stereocenters. The zero-order valence-electron chi connectivity index (χ0n) is 17.9. The van der Waals surface area contributed by atoms with Gasteiger partial charge in [-0.3, -0.25) is 14.2 Å². The molecule has 0 N–H and O–H groups in total. The summed E-state index contributed by atoms with van der Waals surface area (Å²) in [6.45, 7) is 8.46. The molecule has 2 aromatic heterocycles. The lowest BCUT2D eigenvalue weighted by Crippen LogP contribution is -2.37. The molecular formula is C22H29N3O4. The van der Waals surface area contributed by atoms with Crippen molar-refractivity contribution in [3.8, 4) is 0 Å². The highest BCUT2D eigenvalue weighted by atomic mass is 16.4. The quantitative estimate of drug-likeness (QED) is 0.789. The molecule has 7 nitrogen and oxygen atoms in total. The van der Waals surface area contributed by atoms with Gasteiger partial charge in [0.15, 0.2) is 0 Å². The maximum Gasteiger partial charge on any atom is 0.349 e. The second kappa shape index (κ2) is 8.35. The Balaban J connectivity index is 1.88. The molecule has 1 atom stereocenters. The van der Waals surface area contributed by atoms with Crippen LogP contribution in [0.15, 0.2) is 20.1 Å². The molecule has 1 amide bonds. The summed E-state index contributed by atoms with van der Waals surface area (Å²) >= 11 is 0. The van der Waals surface area contributed by atoms with Gasteiger partial charge in [-0.1, -0.05) is 20.3 Å². The molecule has 1 aliphatic heterocycles. The first kappa shape index (κ1) is 21.0. The van der Waals surface area contributed by atoms with Gasteiger partial charge in [-0.05, 0) is 38.3 Å². The number of carbonyl (C=O) groups excluding carboxylic acids is 1. The van der Waals surface area contributed by atoms with Gasteiger partial charge in [-0.25, -0.2) is 9.78 Å². The van der Waals surface area contributed by atoms with Crippen LogP contribution in [0.25, 0.3) is 0 Å². The highest BCUT2D eigenvalue weighted by Gasteiger charge is 2.27. The number of hydrogen-bond donors (Lipinski definition) is 0. The SMILES string of the molecule is CCCC(C)c1cc(C)c(C(=O)N2CCc3nc(C)n(C)c(=O)c3CC2)c(=O)o1. The van der Waals surface area contributed by atoms with Crippen molar-refractivity contribution in [3.05, 3.63) is 60.8 Å². The van der Waals surface area contributed by atoms with Crippen molar-refractivity contribution in [2.75, 3.05) is 13.1 Å². The van der Waals surface area contributed by atoms with Crippen molar-refractivity contribution >= 4 is 5.91 Å². The molecule has 3 rings (SSSR count). The first-order chi connectivity index (χ1) is 13.7. The smallest absolute Gasteiger partial charge is 0.349 e. The predicted molar refractivity (Wildman–Crippen MR) is 111 cm³/mol. The van der Waals surface area contributed by atoms with Gasteiger partial charge in [0, 0.05) is 38.0 Å². The molecule has 0 bridgehead atoms. The van der Waals surface area contributed by atoms with E-state index >= 15 is 0 Å². The van der Waals surface area contributed by atoms with Crippen LogP contribution in [0.2, 0.25) is 0 Å². The Morgan fingerprint density at radius 1 is 1.24 bits per heavy atom. The highest BCUT2D eigenvalue weighted by Crippen LogP contribution is 2.22. The van der Waals surface area contributed by atoms with Crippen molar-refractivity contribution in [3.63, 3.8) is 0 Å². The fourth-order valence-corrected chi connectivity index (χ4v) is 3.94. The van der Waals surface area contributed by atoms with Gasteiger partial charge in [-0.15, -0.1) is 0 Å². The number of aromatic nitrogens is 2. The summed E-state index contributed by atoms with van der Waals surface area (Å²) in [5.74, 6) is 1.07. The highest BCUT2D eigenvalue weighted by molar-refractivity contribution is 5.95. The van der Waals surface area contributed by atoms with Gasteiger partial charge in [0.05, 0.1) is 5.69 Å². The number of carbonyl (C=O) groups is 1.